The lowest BCUT2D eigenvalue weighted by Crippen LogP contribution is -1.96. The van der Waals surface area contributed by atoms with E-state index in [1.165, 1.54) is 0 Å². The van der Waals surface area contributed by atoms with Gasteiger partial charge in [0.1, 0.15) is 0 Å². The third-order valence-electron chi connectivity index (χ3n) is 2.25. The molecule has 0 atom stereocenters. The number of aromatic nitrogens is 2. The zero-order valence-electron chi connectivity index (χ0n) is 9.47. The molecule has 0 aliphatic heterocycles. The van der Waals surface area contributed by atoms with Crippen LogP contribution in [0.2, 0.25) is 0 Å². The maximum absolute atomic E-state index is 5.84. The third-order valence-corrected chi connectivity index (χ3v) is 2.25. The van der Waals surface area contributed by atoms with Gasteiger partial charge in [-0.15, -0.1) is 0 Å². The average molecular weight is 217 g/mol. The molecule has 0 spiro atoms. The van der Waals surface area contributed by atoms with Crippen molar-refractivity contribution in [2.45, 2.75) is 20.3 Å². The van der Waals surface area contributed by atoms with E-state index in [-0.39, 0.29) is 0 Å². The molecule has 0 saturated carbocycles. The summed E-state index contributed by atoms with van der Waals surface area (Å²) in [5.74, 6) is 1.74. The van der Waals surface area contributed by atoms with E-state index in [2.05, 4.69) is 24.0 Å². The first-order chi connectivity index (χ1) is 7.66. The molecule has 0 radical (unpaired) electrons. The van der Waals surface area contributed by atoms with Crippen LogP contribution >= 0.6 is 0 Å². The molecule has 0 aliphatic rings. The third kappa shape index (κ3) is 2.21. The quantitative estimate of drug-likeness (QED) is 0.802. The molecule has 0 aliphatic carbocycles. The molecule has 4 nitrogen and oxygen atoms in total. The summed E-state index contributed by atoms with van der Waals surface area (Å²) >= 11 is 0. The molecule has 0 amide bonds. The van der Waals surface area contributed by atoms with Gasteiger partial charge in [-0.3, -0.25) is 0 Å². The van der Waals surface area contributed by atoms with Crippen molar-refractivity contribution in [3.8, 4) is 11.5 Å². The average Bonchev–Trinajstić information content (AvgIpc) is 2.66. The fraction of sp³-hybridized carbons (Fsp3) is 0.333. The predicted octanol–water partition coefficient (Wildman–Crippen LogP) is 2.52. The van der Waals surface area contributed by atoms with Crippen molar-refractivity contribution in [2.75, 3.05) is 5.73 Å². The molecule has 4 heteroatoms. The number of nitrogen functional groups attached to an aromatic ring is 1. The Balaban J connectivity index is 2.28. The smallest absolute Gasteiger partial charge is 0.260 e. The van der Waals surface area contributed by atoms with Gasteiger partial charge in [-0.25, -0.2) is 0 Å². The van der Waals surface area contributed by atoms with Crippen molar-refractivity contribution in [3.05, 3.63) is 30.1 Å². The van der Waals surface area contributed by atoms with Crippen molar-refractivity contribution >= 4 is 5.69 Å². The summed E-state index contributed by atoms with van der Waals surface area (Å²) in [6.45, 7) is 4.24. The molecule has 0 unspecified atom stereocenters. The molecule has 0 bridgehead atoms. The lowest BCUT2D eigenvalue weighted by Gasteiger charge is -1.98. The largest absolute Gasteiger partial charge is 0.398 e. The second-order valence-electron chi connectivity index (χ2n) is 4.20. The van der Waals surface area contributed by atoms with Gasteiger partial charge >= 0.3 is 0 Å². The highest BCUT2D eigenvalue weighted by Crippen LogP contribution is 2.23. The second-order valence-corrected chi connectivity index (χ2v) is 4.20. The van der Waals surface area contributed by atoms with Crippen LogP contribution in [-0.2, 0) is 6.42 Å². The second kappa shape index (κ2) is 4.35. The molecule has 0 fully saturated rings. The molecule has 1 aromatic heterocycles. The van der Waals surface area contributed by atoms with Gasteiger partial charge in [0, 0.05) is 12.1 Å². The van der Waals surface area contributed by atoms with Gasteiger partial charge in [0.25, 0.3) is 5.89 Å². The Morgan fingerprint density at radius 1 is 1.31 bits per heavy atom. The van der Waals surface area contributed by atoms with Gasteiger partial charge in [-0.1, -0.05) is 31.1 Å². The van der Waals surface area contributed by atoms with Crippen LogP contribution in [0, 0.1) is 5.92 Å². The molecule has 84 valence electrons. The van der Waals surface area contributed by atoms with Crippen molar-refractivity contribution in [3.63, 3.8) is 0 Å². The lowest BCUT2D eigenvalue weighted by atomic mass is 10.1. The number of para-hydroxylation sites is 1. The SMILES string of the molecule is CC(C)Cc1noc(-c2ccccc2N)n1. The Labute approximate surface area is 94.5 Å². The number of benzene rings is 1. The lowest BCUT2D eigenvalue weighted by molar-refractivity contribution is 0.418. The Hall–Kier alpha value is -1.84. The first kappa shape index (κ1) is 10.7. The Bertz CT molecular complexity index is 477. The number of rotatable bonds is 3. The monoisotopic (exact) mass is 217 g/mol. The summed E-state index contributed by atoms with van der Waals surface area (Å²) in [7, 11) is 0. The highest BCUT2D eigenvalue weighted by Gasteiger charge is 2.11. The van der Waals surface area contributed by atoms with E-state index < -0.39 is 0 Å². The summed E-state index contributed by atoms with van der Waals surface area (Å²) < 4.78 is 5.19. The highest BCUT2D eigenvalue weighted by atomic mass is 16.5. The summed E-state index contributed by atoms with van der Waals surface area (Å²) in [5, 5.41) is 3.93. The van der Waals surface area contributed by atoms with E-state index in [1.54, 1.807) is 0 Å². The van der Waals surface area contributed by atoms with Crippen LogP contribution in [0.15, 0.2) is 28.8 Å². The predicted molar refractivity (Wildman–Crippen MR) is 62.7 cm³/mol. The van der Waals surface area contributed by atoms with Crippen LogP contribution in [0.5, 0.6) is 0 Å². The van der Waals surface area contributed by atoms with E-state index in [1.807, 2.05) is 24.3 Å². The van der Waals surface area contributed by atoms with Gasteiger partial charge in [0.15, 0.2) is 5.82 Å². The van der Waals surface area contributed by atoms with Crippen molar-refractivity contribution in [2.24, 2.45) is 5.92 Å². The van der Waals surface area contributed by atoms with E-state index in [0.29, 0.717) is 17.5 Å². The number of hydrogen-bond donors (Lipinski definition) is 1. The number of hydrogen-bond acceptors (Lipinski definition) is 4. The Morgan fingerprint density at radius 2 is 2.06 bits per heavy atom. The van der Waals surface area contributed by atoms with Crippen LogP contribution in [0.3, 0.4) is 0 Å². The molecular weight excluding hydrogens is 202 g/mol. The summed E-state index contributed by atoms with van der Waals surface area (Å²) in [6, 6.07) is 7.48. The number of nitrogens with zero attached hydrogens (tertiary/aromatic N) is 2. The minimum Gasteiger partial charge on any atom is -0.398 e. The van der Waals surface area contributed by atoms with Crippen LogP contribution in [0.4, 0.5) is 5.69 Å². The van der Waals surface area contributed by atoms with Crippen LogP contribution < -0.4 is 5.73 Å². The fourth-order valence-electron chi connectivity index (χ4n) is 1.50. The van der Waals surface area contributed by atoms with Crippen molar-refractivity contribution < 1.29 is 4.52 Å². The van der Waals surface area contributed by atoms with Gasteiger partial charge in [-0.2, -0.15) is 4.98 Å². The standard InChI is InChI=1S/C12H15N3O/c1-8(2)7-11-14-12(16-15-11)9-5-3-4-6-10(9)13/h3-6,8H,7,13H2,1-2H3. The summed E-state index contributed by atoms with van der Waals surface area (Å²) in [5.41, 5.74) is 7.29. The molecule has 16 heavy (non-hydrogen) atoms. The minimum atomic E-state index is 0.494. The topological polar surface area (TPSA) is 64.9 Å². The zero-order valence-corrected chi connectivity index (χ0v) is 9.47. The van der Waals surface area contributed by atoms with E-state index in [0.717, 1.165) is 17.8 Å². The molecule has 2 aromatic rings. The maximum atomic E-state index is 5.84. The fourth-order valence-corrected chi connectivity index (χ4v) is 1.50. The van der Waals surface area contributed by atoms with Gasteiger partial charge in [0.2, 0.25) is 0 Å². The first-order valence-corrected chi connectivity index (χ1v) is 5.34. The van der Waals surface area contributed by atoms with E-state index >= 15 is 0 Å². The maximum Gasteiger partial charge on any atom is 0.260 e. The highest BCUT2D eigenvalue weighted by molar-refractivity contribution is 5.69. The van der Waals surface area contributed by atoms with Gasteiger partial charge in [0.05, 0.1) is 5.56 Å². The zero-order chi connectivity index (χ0) is 11.5. The first-order valence-electron chi connectivity index (χ1n) is 5.34. The summed E-state index contributed by atoms with van der Waals surface area (Å²) in [4.78, 5) is 4.32. The molecule has 0 saturated heterocycles. The normalized spacial score (nSPS) is 10.9. The molecule has 1 heterocycles. The molecule has 2 N–H and O–H groups in total. The van der Waals surface area contributed by atoms with Crippen molar-refractivity contribution in [1.82, 2.24) is 10.1 Å². The van der Waals surface area contributed by atoms with E-state index in [4.69, 9.17) is 10.3 Å². The minimum absolute atomic E-state index is 0.494. The Kier molecular flexibility index (Phi) is 2.90. The molecule has 2 rings (SSSR count). The van der Waals surface area contributed by atoms with E-state index in [9.17, 15) is 0 Å². The Morgan fingerprint density at radius 3 is 2.75 bits per heavy atom. The summed E-state index contributed by atoms with van der Waals surface area (Å²) in [6.07, 6.45) is 0.816. The van der Waals surface area contributed by atoms with Gasteiger partial charge in [-0.05, 0) is 18.1 Å². The number of anilines is 1. The number of nitrogens with two attached hydrogens (primary N) is 1. The van der Waals surface area contributed by atoms with Crippen LogP contribution in [0.25, 0.3) is 11.5 Å². The van der Waals surface area contributed by atoms with Crippen LogP contribution in [-0.4, -0.2) is 10.1 Å². The molecule has 1 aromatic carbocycles. The van der Waals surface area contributed by atoms with Gasteiger partial charge < -0.3 is 10.3 Å². The molecular formula is C12H15N3O. The van der Waals surface area contributed by atoms with Crippen LogP contribution in [0.1, 0.15) is 19.7 Å². The van der Waals surface area contributed by atoms with Crippen molar-refractivity contribution in [1.29, 1.82) is 0 Å².